The van der Waals surface area contributed by atoms with Gasteiger partial charge in [-0.3, -0.25) is 0 Å². The van der Waals surface area contributed by atoms with Crippen LogP contribution in [0.1, 0.15) is 123 Å². The fourth-order valence-corrected chi connectivity index (χ4v) is 6.76. The molecule has 0 aromatic heterocycles. The normalized spacial score (nSPS) is 22.8. The maximum absolute atomic E-state index is 12.8. The SMILES string of the molecule is CCC(C)(C)c1ccccc1OC(=O)NC1CCC(CC2CCC(NC(=O)Oc3ccccc3C(C)(C)CC)CC2)CC1. The van der Waals surface area contributed by atoms with Gasteiger partial charge in [-0.2, -0.15) is 0 Å². The number of ether oxygens (including phenoxy) is 2. The van der Waals surface area contributed by atoms with Crippen molar-refractivity contribution in [1.29, 1.82) is 0 Å². The highest BCUT2D eigenvalue weighted by atomic mass is 16.6. The van der Waals surface area contributed by atoms with E-state index in [2.05, 4.69) is 64.3 Å². The van der Waals surface area contributed by atoms with Gasteiger partial charge in [0.2, 0.25) is 0 Å². The lowest BCUT2D eigenvalue weighted by Gasteiger charge is -2.34. The van der Waals surface area contributed by atoms with Crippen LogP contribution < -0.4 is 20.1 Å². The first-order valence-electron chi connectivity index (χ1n) is 16.7. The van der Waals surface area contributed by atoms with Crippen LogP contribution in [0.25, 0.3) is 0 Å². The summed E-state index contributed by atoms with van der Waals surface area (Å²) in [5, 5.41) is 6.26. The smallest absolute Gasteiger partial charge is 0.410 e. The molecule has 0 bridgehead atoms. The maximum atomic E-state index is 12.8. The van der Waals surface area contributed by atoms with Gasteiger partial charge in [0.1, 0.15) is 11.5 Å². The van der Waals surface area contributed by atoms with Gasteiger partial charge in [-0.1, -0.05) is 77.9 Å². The average molecular weight is 591 g/mol. The lowest BCUT2D eigenvalue weighted by atomic mass is 9.76. The predicted molar refractivity (Wildman–Crippen MR) is 174 cm³/mol. The molecule has 2 N–H and O–H groups in total. The zero-order valence-corrected chi connectivity index (χ0v) is 27.3. The Morgan fingerprint density at radius 1 is 0.628 bits per heavy atom. The van der Waals surface area contributed by atoms with Crippen molar-refractivity contribution in [2.75, 3.05) is 0 Å². The molecule has 0 saturated heterocycles. The van der Waals surface area contributed by atoms with E-state index in [4.69, 9.17) is 9.47 Å². The minimum atomic E-state index is -0.343. The van der Waals surface area contributed by atoms with Crippen LogP contribution >= 0.6 is 0 Å². The minimum absolute atomic E-state index is 0.0502. The predicted octanol–water partition coefficient (Wildman–Crippen LogP) is 9.45. The van der Waals surface area contributed by atoms with Crippen molar-refractivity contribution < 1.29 is 19.1 Å². The quantitative estimate of drug-likeness (QED) is 0.289. The molecular weight excluding hydrogens is 536 g/mol. The van der Waals surface area contributed by atoms with Crippen LogP contribution in [-0.2, 0) is 10.8 Å². The van der Waals surface area contributed by atoms with Crippen LogP contribution in [0, 0.1) is 11.8 Å². The van der Waals surface area contributed by atoms with Crippen molar-refractivity contribution >= 4 is 12.2 Å². The summed E-state index contributed by atoms with van der Waals surface area (Å²) in [7, 11) is 0. The van der Waals surface area contributed by atoms with E-state index in [1.165, 1.54) is 6.42 Å². The van der Waals surface area contributed by atoms with Crippen LogP contribution in [0.15, 0.2) is 48.5 Å². The second-order valence-electron chi connectivity index (χ2n) is 14.2. The largest absolute Gasteiger partial charge is 0.412 e. The third kappa shape index (κ3) is 9.00. The van der Waals surface area contributed by atoms with Gasteiger partial charge in [0, 0.05) is 23.2 Å². The number of carbonyl (C=O) groups excluding carboxylic acids is 2. The Morgan fingerprint density at radius 3 is 1.33 bits per heavy atom. The molecule has 2 aromatic rings. The van der Waals surface area contributed by atoms with Crippen LogP contribution in [0.5, 0.6) is 11.5 Å². The fraction of sp³-hybridized carbons (Fsp3) is 0.622. The molecule has 0 unspecified atom stereocenters. The Kier molecular flexibility index (Phi) is 11.2. The molecular formula is C37H54N2O4. The van der Waals surface area contributed by atoms with Crippen LogP contribution in [0.2, 0.25) is 0 Å². The van der Waals surface area contributed by atoms with Gasteiger partial charge in [-0.25, -0.2) is 9.59 Å². The van der Waals surface area contributed by atoms with Crippen LogP contribution in [-0.4, -0.2) is 24.3 Å². The first-order valence-corrected chi connectivity index (χ1v) is 16.7. The van der Waals surface area contributed by atoms with Crippen LogP contribution in [0.4, 0.5) is 9.59 Å². The zero-order chi connectivity index (χ0) is 31.0. The number of para-hydroxylation sites is 2. The molecule has 236 valence electrons. The van der Waals surface area contributed by atoms with Gasteiger partial charge >= 0.3 is 12.2 Å². The lowest BCUT2D eigenvalue weighted by Crippen LogP contribution is -2.40. The molecule has 2 aliphatic rings. The molecule has 2 amide bonds. The highest BCUT2D eigenvalue weighted by molar-refractivity contribution is 5.72. The average Bonchev–Trinajstić information content (AvgIpc) is 2.99. The number of nitrogens with one attached hydrogen (secondary N) is 2. The number of hydrogen-bond donors (Lipinski definition) is 2. The van der Waals surface area contributed by atoms with Crippen LogP contribution in [0.3, 0.4) is 0 Å². The third-order valence-corrected chi connectivity index (χ3v) is 10.4. The molecule has 2 saturated carbocycles. The molecule has 0 aliphatic heterocycles. The second kappa shape index (κ2) is 14.6. The highest BCUT2D eigenvalue weighted by Gasteiger charge is 2.30. The van der Waals surface area contributed by atoms with Crippen molar-refractivity contribution in [3.8, 4) is 11.5 Å². The molecule has 2 aromatic carbocycles. The van der Waals surface area contributed by atoms with E-state index in [1.54, 1.807) is 0 Å². The van der Waals surface area contributed by atoms with E-state index < -0.39 is 0 Å². The van der Waals surface area contributed by atoms with Crippen molar-refractivity contribution in [3.63, 3.8) is 0 Å². The Morgan fingerprint density at radius 2 is 0.977 bits per heavy atom. The van der Waals surface area contributed by atoms with E-state index in [-0.39, 0.29) is 35.1 Å². The molecule has 0 spiro atoms. The Hall–Kier alpha value is -3.02. The molecule has 2 aliphatic carbocycles. The molecule has 2 fully saturated rings. The molecule has 4 rings (SSSR count). The summed E-state index contributed by atoms with van der Waals surface area (Å²) in [5.74, 6) is 2.73. The fourth-order valence-electron chi connectivity index (χ4n) is 6.76. The number of hydrogen-bond acceptors (Lipinski definition) is 4. The monoisotopic (exact) mass is 590 g/mol. The van der Waals surface area contributed by atoms with Gasteiger partial charge in [0.15, 0.2) is 0 Å². The summed E-state index contributed by atoms with van der Waals surface area (Å²) in [6, 6.07) is 16.1. The Balaban J connectivity index is 1.16. The summed E-state index contributed by atoms with van der Waals surface area (Å²) < 4.78 is 11.6. The van der Waals surface area contributed by atoms with E-state index in [0.29, 0.717) is 23.3 Å². The third-order valence-electron chi connectivity index (χ3n) is 10.4. The second-order valence-corrected chi connectivity index (χ2v) is 14.2. The summed E-state index contributed by atoms with van der Waals surface area (Å²) in [4.78, 5) is 25.5. The topological polar surface area (TPSA) is 76.7 Å². The molecule has 6 heteroatoms. The van der Waals surface area contributed by atoms with Gasteiger partial charge in [0.05, 0.1) is 0 Å². The zero-order valence-electron chi connectivity index (χ0n) is 27.3. The summed E-state index contributed by atoms with van der Waals surface area (Å²) in [6.07, 6.45) is 11.1. The maximum Gasteiger partial charge on any atom is 0.412 e. The van der Waals surface area contributed by atoms with Gasteiger partial charge in [0.25, 0.3) is 0 Å². The molecule has 0 radical (unpaired) electrons. The first-order chi connectivity index (χ1) is 20.5. The van der Waals surface area contributed by atoms with Crippen molar-refractivity contribution in [2.45, 2.75) is 135 Å². The van der Waals surface area contributed by atoms with Gasteiger partial charge in [-0.15, -0.1) is 0 Å². The number of amides is 2. The van der Waals surface area contributed by atoms with Crippen molar-refractivity contribution in [1.82, 2.24) is 10.6 Å². The van der Waals surface area contributed by atoms with E-state index >= 15 is 0 Å². The van der Waals surface area contributed by atoms with Crippen molar-refractivity contribution in [2.24, 2.45) is 11.8 Å². The molecule has 6 nitrogen and oxygen atoms in total. The lowest BCUT2D eigenvalue weighted by molar-refractivity contribution is 0.174. The van der Waals surface area contributed by atoms with E-state index in [9.17, 15) is 9.59 Å². The van der Waals surface area contributed by atoms with Gasteiger partial charge in [-0.05, 0) is 105 Å². The molecule has 0 atom stereocenters. The summed E-state index contributed by atoms with van der Waals surface area (Å²) in [6.45, 7) is 13.0. The number of rotatable bonds is 10. The van der Waals surface area contributed by atoms with Gasteiger partial charge < -0.3 is 20.1 Å². The van der Waals surface area contributed by atoms with E-state index in [1.807, 2.05) is 36.4 Å². The van der Waals surface area contributed by atoms with E-state index in [0.717, 1.165) is 75.3 Å². The summed E-state index contributed by atoms with van der Waals surface area (Å²) in [5.41, 5.74) is 2.04. The Bertz CT molecular complexity index is 1110. The van der Waals surface area contributed by atoms with Crippen molar-refractivity contribution in [3.05, 3.63) is 59.7 Å². The number of carbonyl (C=O) groups is 2. The Labute approximate surface area is 259 Å². The standard InChI is InChI=1S/C37H54N2O4/c1-7-36(3,4)30-13-9-11-15-32(30)42-34(40)38-28-21-17-26(18-22-28)25-27-19-23-29(24-20-27)39-35(41)43-33-16-12-10-14-31(33)37(5,6)8-2/h9-16,26-29H,7-8,17-25H2,1-6H3,(H,38,40)(H,39,41). The first kappa shape index (κ1) is 32.9. The minimum Gasteiger partial charge on any atom is -0.410 e. The molecule has 0 heterocycles. The number of benzene rings is 2. The molecule has 43 heavy (non-hydrogen) atoms. The summed E-state index contributed by atoms with van der Waals surface area (Å²) >= 11 is 0. The highest BCUT2D eigenvalue weighted by Crippen LogP contribution is 2.37.